The molecule has 7 heteroatoms. The van der Waals surface area contributed by atoms with E-state index in [1.54, 1.807) is 23.9 Å². The monoisotopic (exact) mass is 333 g/mol. The number of nitrogens with zero attached hydrogens (tertiary/aromatic N) is 1. The largest absolute Gasteiger partial charge is 0.496 e. The van der Waals surface area contributed by atoms with Crippen LogP contribution in [0, 0.1) is 10.1 Å². The van der Waals surface area contributed by atoms with Crippen molar-refractivity contribution >= 4 is 23.4 Å². The molecule has 0 amide bonds. The van der Waals surface area contributed by atoms with Crippen LogP contribution in [-0.4, -0.2) is 24.3 Å². The van der Waals surface area contributed by atoms with Crippen LogP contribution in [0.5, 0.6) is 11.5 Å². The Hall–Kier alpha value is -2.54. The summed E-state index contributed by atoms with van der Waals surface area (Å²) in [4.78, 5) is 22.6. The lowest BCUT2D eigenvalue weighted by atomic mass is 10.1. The molecule has 2 aromatic rings. The SMILES string of the molecule is COc1ccc(OC(=O)c2ccc(CSC)cc2)c([N+](=O)[O-])c1. The quantitative estimate of drug-likeness (QED) is 0.347. The Morgan fingerprint density at radius 3 is 2.48 bits per heavy atom. The van der Waals surface area contributed by atoms with Crippen molar-refractivity contribution in [3.63, 3.8) is 0 Å². The molecule has 2 aromatic carbocycles. The van der Waals surface area contributed by atoms with Crippen LogP contribution in [-0.2, 0) is 5.75 Å². The molecule has 0 aliphatic carbocycles. The molecule has 0 radical (unpaired) electrons. The maximum Gasteiger partial charge on any atom is 0.343 e. The maximum atomic E-state index is 12.1. The molecule has 2 rings (SSSR count). The molecule has 0 unspecified atom stereocenters. The highest BCUT2D eigenvalue weighted by Gasteiger charge is 2.20. The number of benzene rings is 2. The van der Waals surface area contributed by atoms with Crippen molar-refractivity contribution in [2.24, 2.45) is 0 Å². The predicted molar refractivity (Wildman–Crippen MR) is 88.3 cm³/mol. The molecular formula is C16H15NO5S. The minimum absolute atomic E-state index is 0.117. The summed E-state index contributed by atoms with van der Waals surface area (Å²) < 4.78 is 10.1. The molecule has 0 fully saturated rings. The lowest BCUT2D eigenvalue weighted by Crippen LogP contribution is -2.09. The average Bonchev–Trinajstić information content (AvgIpc) is 2.56. The fourth-order valence-electron chi connectivity index (χ4n) is 1.92. The highest BCUT2D eigenvalue weighted by molar-refractivity contribution is 7.97. The molecule has 0 bridgehead atoms. The van der Waals surface area contributed by atoms with Crippen molar-refractivity contribution in [3.05, 3.63) is 63.7 Å². The van der Waals surface area contributed by atoms with E-state index in [0.29, 0.717) is 11.3 Å². The van der Waals surface area contributed by atoms with Gasteiger partial charge in [-0.05, 0) is 36.1 Å². The molecule has 0 aromatic heterocycles. The van der Waals surface area contributed by atoms with Crippen molar-refractivity contribution < 1.29 is 19.2 Å². The summed E-state index contributed by atoms with van der Waals surface area (Å²) in [7, 11) is 1.40. The zero-order valence-corrected chi connectivity index (χ0v) is 13.5. The van der Waals surface area contributed by atoms with E-state index in [-0.39, 0.29) is 11.4 Å². The lowest BCUT2D eigenvalue weighted by molar-refractivity contribution is -0.385. The molecule has 0 aliphatic heterocycles. The van der Waals surface area contributed by atoms with Crippen molar-refractivity contribution in [2.45, 2.75) is 5.75 Å². The summed E-state index contributed by atoms with van der Waals surface area (Å²) in [6.45, 7) is 0. The fourth-order valence-corrected chi connectivity index (χ4v) is 2.44. The van der Waals surface area contributed by atoms with Gasteiger partial charge >= 0.3 is 11.7 Å². The van der Waals surface area contributed by atoms with Gasteiger partial charge in [0.05, 0.1) is 23.7 Å². The first-order valence-corrected chi connectivity index (χ1v) is 8.07. The van der Waals surface area contributed by atoms with Gasteiger partial charge in [-0.2, -0.15) is 11.8 Å². The van der Waals surface area contributed by atoms with Crippen molar-refractivity contribution in [2.75, 3.05) is 13.4 Å². The Morgan fingerprint density at radius 2 is 1.91 bits per heavy atom. The van der Waals surface area contributed by atoms with Crippen LogP contribution in [0.3, 0.4) is 0 Å². The maximum absolute atomic E-state index is 12.1. The molecule has 0 aliphatic rings. The van der Waals surface area contributed by atoms with Gasteiger partial charge in [0.15, 0.2) is 0 Å². The molecule has 0 saturated carbocycles. The van der Waals surface area contributed by atoms with Crippen LogP contribution in [0.15, 0.2) is 42.5 Å². The Kier molecular flexibility index (Phi) is 5.59. The first-order valence-electron chi connectivity index (χ1n) is 6.67. The van der Waals surface area contributed by atoms with E-state index in [9.17, 15) is 14.9 Å². The number of hydrogen-bond donors (Lipinski definition) is 0. The Bertz CT molecular complexity index is 715. The number of methoxy groups -OCH3 is 1. The van der Waals surface area contributed by atoms with Gasteiger partial charge in [-0.25, -0.2) is 4.79 Å². The molecule has 0 saturated heterocycles. The second-order valence-electron chi connectivity index (χ2n) is 4.61. The number of thioether (sulfide) groups is 1. The van der Waals surface area contributed by atoms with E-state index >= 15 is 0 Å². The molecule has 0 heterocycles. The second-order valence-corrected chi connectivity index (χ2v) is 5.48. The number of rotatable bonds is 6. The number of nitro benzene ring substituents is 1. The van der Waals surface area contributed by atoms with Gasteiger partial charge in [-0.3, -0.25) is 10.1 Å². The van der Waals surface area contributed by atoms with Gasteiger partial charge in [0.1, 0.15) is 5.75 Å². The van der Waals surface area contributed by atoms with Crippen LogP contribution < -0.4 is 9.47 Å². The highest BCUT2D eigenvalue weighted by Crippen LogP contribution is 2.31. The molecule has 23 heavy (non-hydrogen) atoms. The molecule has 0 spiro atoms. The van der Waals surface area contributed by atoms with E-state index in [1.165, 1.54) is 25.3 Å². The minimum Gasteiger partial charge on any atom is -0.496 e. The molecule has 6 nitrogen and oxygen atoms in total. The minimum atomic E-state index is -0.644. The van der Waals surface area contributed by atoms with Gasteiger partial charge in [-0.1, -0.05) is 12.1 Å². The number of esters is 1. The standard InChI is InChI=1S/C16H15NO5S/c1-21-13-7-8-15(14(9-13)17(19)20)22-16(18)12-5-3-11(4-6-12)10-23-2/h3-9H,10H2,1-2H3. The van der Waals surface area contributed by atoms with Crippen LogP contribution in [0.2, 0.25) is 0 Å². The van der Waals surface area contributed by atoms with E-state index in [0.717, 1.165) is 11.3 Å². The Balaban J connectivity index is 2.21. The molecule has 0 atom stereocenters. The van der Waals surface area contributed by atoms with Gasteiger partial charge in [0.2, 0.25) is 5.75 Å². The number of carbonyl (C=O) groups is 1. The van der Waals surface area contributed by atoms with Crippen LogP contribution in [0.1, 0.15) is 15.9 Å². The van der Waals surface area contributed by atoms with Crippen LogP contribution >= 0.6 is 11.8 Å². The number of hydrogen-bond acceptors (Lipinski definition) is 6. The topological polar surface area (TPSA) is 78.7 Å². The summed E-state index contributed by atoms with van der Waals surface area (Å²) in [5.74, 6) is 0.403. The third-order valence-corrected chi connectivity index (χ3v) is 3.69. The van der Waals surface area contributed by atoms with Gasteiger partial charge in [-0.15, -0.1) is 0 Å². The Labute approximate surface area is 137 Å². The first kappa shape index (κ1) is 16.8. The third kappa shape index (κ3) is 4.23. The van der Waals surface area contributed by atoms with Gasteiger partial charge < -0.3 is 9.47 Å². The average molecular weight is 333 g/mol. The number of nitro groups is 1. The van der Waals surface area contributed by atoms with Crippen LogP contribution in [0.4, 0.5) is 5.69 Å². The first-order chi connectivity index (χ1) is 11.0. The smallest absolute Gasteiger partial charge is 0.343 e. The zero-order valence-electron chi connectivity index (χ0n) is 12.6. The Morgan fingerprint density at radius 1 is 1.22 bits per heavy atom. The van der Waals surface area contributed by atoms with Crippen molar-refractivity contribution in [1.82, 2.24) is 0 Å². The fraction of sp³-hybridized carbons (Fsp3) is 0.188. The van der Waals surface area contributed by atoms with Crippen molar-refractivity contribution in [3.8, 4) is 11.5 Å². The van der Waals surface area contributed by atoms with Crippen molar-refractivity contribution in [1.29, 1.82) is 0 Å². The van der Waals surface area contributed by atoms with Crippen LogP contribution in [0.25, 0.3) is 0 Å². The zero-order chi connectivity index (χ0) is 16.8. The summed E-state index contributed by atoms with van der Waals surface area (Å²) in [5, 5.41) is 11.1. The van der Waals surface area contributed by atoms with E-state index < -0.39 is 10.9 Å². The summed E-state index contributed by atoms with van der Waals surface area (Å²) in [6.07, 6.45) is 1.99. The summed E-state index contributed by atoms with van der Waals surface area (Å²) in [6, 6.07) is 11.0. The molecule has 0 N–H and O–H groups in total. The van der Waals surface area contributed by atoms with E-state index in [1.807, 2.05) is 18.4 Å². The molecular weight excluding hydrogens is 318 g/mol. The van der Waals surface area contributed by atoms with E-state index in [4.69, 9.17) is 9.47 Å². The molecule has 120 valence electrons. The number of carbonyl (C=O) groups excluding carboxylic acids is 1. The number of ether oxygens (including phenoxy) is 2. The summed E-state index contributed by atoms with van der Waals surface area (Å²) >= 11 is 1.68. The summed E-state index contributed by atoms with van der Waals surface area (Å²) in [5.41, 5.74) is 1.10. The predicted octanol–water partition coefficient (Wildman–Crippen LogP) is 3.69. The highest BCUT2D eigenvalue weighted by atomic mass is 32.2. The normalized spacial score (nSPS) is 10.2. The lowest BCUT2D eigenvalue weighted by Gasteiger charge is -2.07. The van der Waals surface area contributed by atoms with Gasteiger partial charge in [0.25, 0.3) is 0 Å². The van der Waals surface area contributed by atoms with Gasteiger partial charge in [0, 0.05) is 5.75 Å². The van der Waals surface area contributed by atoms with E-state index in [2.05, 4.69) is 0 Å². The third-order valence-electron chi connectivity index (χ3n) is 3.07. The second kappa shape index (κ2) is 7.64.